The lowest BCUT2D eigenvalue weighted by Gasteiger charge is -2.22. The number of nitrogens with one attached hydrogen (secondary N) is 2. The van der Waals surface area contributed by atoms with Gasteiger partial charge in [0, 0.05) is 12.2 Å². The fraction of sp³-hybridized carbons (Fsp3) is 0.350. The lowest BCUT2D eigenvalue weighted by atomic mass is 9.95. The Morgan fingerprint density at radius 1 is 1.11 bits per heavy atom. The van der Waals surface area contributed by atoms with Crippen molar-refractivity contribution in [3.63, 3.8) is 0 Å². The molecule has 1 amide bonds. The van der Waals surface area contributed by atoms with Gasteiger partial charge in [0.15, 0.2) is 0 Å². The van der Waals surface area contributed by atoms with Crippen LogP contribution < -0.4 is 10.6 Å². The molecule has 7 heteroatoms. The minimum atomic E-state index is -0.451. The largest absolute Gasteiger partial charge is 0.465 e. The monoisotopic (exact) mass is 387 g/mol. The van der Waals surface area contributed by atoms with E-state index in [1.807, 2.05) is 0 Å². The van der Waals surface area contributed by atoms with Crippen LogP contribution in [0.3, 0.4) is 0 Å². The maximum atomic E-state index is 12.5. The molecule has 1 aliphatic rings. The average molecular weight is 388 g/mol. The molecule has 1 heterocycles. The highest BCUT2D eigenvalue weighted by Gasteiger charge is 2.17. The number of anilines is 2. The summed E-state index contributed by atoms with van der Waals surface area (Å²) in [6.07, 6.45) is 8.72. The summed E-state index contributed by atoms with van der Waals surface area (Å²) in [4.78, 5) is 28.3. The number of rotatable bonds is 5. The number of amides is 1. The number of halogens is 1. The third kappa shape index (κ3) is 4.98. The number of nitrogens with zero attached hydrogens (tertiary/aromatic N) is 1. The number of aromatic nitrogens is 1. The predicted octanol–water partition coefficient (Wildman–Crippen LogP) is 4.33. The summed E-state index contributed by atoms with van der Waals surface area (Å²) >= 11 is 6.21. The molecule has 0 atom stereocenters. The molecule has 1 fully saturated rings. The topological polar surface area (TPSA) is 80.3 Å². The highest BCUT2D eigenvalue weighted by molar-refractivity contribution is 6.33. The molecule has 3 rings (SSSR count). The Kier molecular flexibility index (Phi) is 6.29. The average Bonchev–Trinajstić information content (AvgIpc) is 2.70. The van der Waals surface area contributed by atoms with E-state index >= 15 is 0 Å². The SMILES string of the molecule is COC(=O)c1ccc(Cl)c(Nc2cncc(C(=O)NC3CCCCC3)c2)c1. The Labute approximate surface area is 163 Å². The molecule has 142 valence electrons. The van der Waals surface area contributed by atoms with Gasteiger partial charge in [-0.05, 0) is 37.1 Å². The number of hydrogen-bond donors (Lipinski definition) is 2. The standard InChI is InChI=1S/C20H22ClN3O3/c1-27-20(26)13-7-8-17(21)18(10-13)23-16-9-14(11-22-12-16)19(25)24-15-5-3-2-4-6-15/h7-12,15,23H,2-6H2,1H3,(H,24,25). The van der Waals surface area contributed by atoms with Gasteiger partial charge in [-0.1, -0.05) is 30.9 Å². The van der Waals surface area contributed by atoms with Crippen LogP contribution in [0.4, 0.5) is 11.4 Å². The van der Waals surface area contributed by atoms with Crippen LogP contribution in [0.5, 0.6) is 0 Å². The first-order valence-electron chi connectivity index (χ1n) is 8.97. The van der Waals surface area contributed by atoms with E-state index in [1.165, 1.54) is 19.7 Å². The second kappa shape index (κ2) is 8.86. The summed E-state index contributed by atoms with van der Waals surface area (Å²) in [7, 11) is 1.32. The van der Waals surface area contributed by atoms with Crippen molar-refractivity contribution in [2.45, 2.75) is 38.1 Å². The van der Waals surface area contributed by atoms with Gasteiger partial charge in [-0.15, -0.1) is 0 Å². The van der Waals surface area contributed by atoms with Gasteiger partial charge in [-0.25, -0.2) is 4.79 Å². The molecule has 1 saturated carbocycles. The van der Waals surface area contributed by atoms with Gasteiger partial charge in [-0.3, -0.25) is 9.78 Å². The Morgan fingerprint density at radius 2 is 1.89 bits per heavy atom. The third-order valence-electron chi connectivity index (χ3n) is 4.61. The van der Waals surface area contributed by atoms with Crippen LogP contribution in [-0.4, -0.2) is 30.0 Å². The van der Waals surface area contributed by atoms with E-state index in [9.17, 15) is 9.59 Å². The lowest BCUT2D eigenvalue weighted by molar-refractivity contribution is 0.0600. The molecule has 1 aliphatic carbocycles. The fourth-order valence-corrected chi connectivity index (χ4v) is 3.33. The van der Waals surface area contributed by atoms with E-state index in [-0.39, 0.29) is 11.9 Å². The molecule has 6 nitrogen and oxygen atoms in total. The molecule has 1 aromatic heterocycles. The van der Waals surface area contributed by atoms with Crippen LogP contribution in [0.15, 0.2) is 36.7 Å². The van der Waals surface area contributed by atoms with Crippen molar-refractivity contribution in [2.24, 2.45) is 0 Å². The summed E-state index contributed by atoms with van der Waals surface area (Å²) in [5, 5.41) is 6.63. The first-order valence-corrected chi connectivity index (χ1v) is 9.35. The molecule has 2 N–H and O–H groups in total. The van der Waals surface area contributed by atoms with Crippen molar-refractivity contribution in [3.05, 3.63) is 52.8 Å². The van der Waals surface area contributed by atoms with Crippen LogP contribution in [0.1, 0.15) is 52.8 Å². The molecule has 0 unspecified atom stereocenters. The van der Waals surface area contributed by atoms with Gasteiger partial charge in [0.2, 0.25) is 0 Å². The third-order valence-corrected chi connectivity index (χ3v) is 4.94. The smallest absolute Gasteiger partial charge is 0.337 e. The van der Waals surface area contributed by atoms with Crippen molar-refractivity contribution in [2.75, 3.05) is 12.4 Å². The van der Waals surface area contributed by atoms with Crippen LogP contribution >= 0.6 is 11.6 Å². The summed E-state index contributed by atoms with van der Waals surface area (Å²) in [6, 6.07) is 6.75. The number of benzene rings is 1. The Bertz CT molecular complexity index is 835. The lowest BCUT2D eigenvalue weighted by Crippen LogP contribution is -2.36. The normalized spacial score (nSPS) is 14.4. The number of hydrogen-bond acceptors (Lipinski definition) is 5. The second-order valence-electron chi connectivity index (χ2n) is 6.58. The van der Waals surface area contributed by atoms with Gasteiger partial charge in [0.25, 0.3) is 5.91 Å². The zero-order valence-corrected chi connectivity index (χ0v) is 15.9. The van der Waals surface area contributed by atoms with Gasteiger partial charge >= 0.3 is 5.97 Å². The van der Waals surface area contributed by atoms with Gasteiger partial charge < -0.3 is 15.4 Å². The molecule has 0 radical (unpaired) electrons. The van der Waals surface area contributed by atoms with Crippen LogP contribution in [0.25, 0.3) is 0 Å². The van der Waals surface area contributed by atoms with Crippen LogP contribution in [-0.2, 0) is 4.74 Å². The number of methoxy groups -OCH3 is 1. The molecular weight excluding hydrogens is 366 g/mol. The van der Waals surface area contributed by atoms with Crippen LogP contribution in [0.2, 0.25) is 5.02 Å². The zero-order valence-electron chi connectivity index (χ0n) is 15.1. The van der Waals surface area contributed by atoms with E-state index in [2.05, 4.69) is 15.6 Å². The van der Waals surface area contributed by atoms with Crippen molar-refractivity contribution in [1.82, 2.24) is 10.3 Å². The van der Waals surface area contributed by atoms with E-state index < -0.39 is 5.97 Å². The molecular formula is C20H22ClN3O3. The van der Waals surface area contributed by atoms with Crippen LogP contribution in [0, 0.1) is 0 Å². The Morgan fingerprint density at radius 3 is 2.63 bits per heavy atom. The number of ether oxygens (including phenoxy) is 1. The first kappa shape index (κ1) is 19.2. The van der Waals surface area contributed by atoms with E-state index in [0.29, 0.717) is 27.5 Å². The summed E-state index contributed by atoms with van der Waals surface area (Å²) in [5.41, 5.74) is 2.00. The molecule has 1 aromatic carbocycles. The van der Waals surface area contributed by atoms with Gasteiger partial charge in [-0.2, -0.15) is 0 Å². The molecule has 0 aliphatic heterocycles. The summed E-state index contributed by atoms with van der Waals surface area (Å²) < 4.78 is 4.73. The minimum Gasteiger partial charge on any atom is -0.465 e. The first-order chi connectivity index (χ1) is 13.1. The van der Waals surface area contributed by atoms with E-state index in [0.717, 1.165) is 25.7 Å². The number of esters is 1. The number of pyridine rings is 1. The highest BCUT2D eigenvalue weighted by Crippen LogP contribution is 2.27. The quantitative estimate of drug-likeness (QED) is 0.746. The zero-order chi connectivity index (χ0) is 19.2. The summed E-state index contributed by atoms with van der Waals surface area (Å²) in [5.74, 6) is -0.582. The van der Waals surface area contributed by atoms with E-state index in [4.69, 9.17) is 16.3 Å². The van der Waals surface area contributed by atoms with Gasteiger partial charge in [0.05, 0.1) is 40.8 Å². The molecule has 0 spiro atoms. The Balaban J connectivity index is 1.74. The highest BCUT2D eigenvalue weighted by atomic mass is 35.5. The van der Waals surface area contributed by atoms with E-state index in [1.54, 1.807) is 30.5 Å². The summed E-state index contributed by atoms with van der Waals surface area (Å²) in [6.45, 7) is 0. The molecule has 0 saturated heterocycles. The van der Waals surface area contributed by atoms with Crippen molar-refractivity contribution < 1.29 is 14.3 Å². The van der Waals surface area contributed by atoms with Crippen molar-refractivity contribution >= 4 is 34.9 Å². The second-order valence-corrected chi connectivity index (χ2v) is 6.99. The number of carbonyl (C=O) groups excluding carboxylic acids is 2. The Hall–Kier alpha value is -2.60. The van der Waals surface area contributed by atoms with Gasteiger partial charge in [0.1, 0.15) is 0 Å². The molecule has 0 bridgehead atoms. The minimum absolute atomic E-state index is 0.132. The molecule has 2 aromatic rings. The number of carbonyl (C=O) groups is 2. The van der Waals surface area contributed by atoms with Crippen molar-refractivity contribution in [3.8, 4) is 0 Å². The maximum Gasteiger partial charge on any atom is 0.337 e. The fourth-order valence-electron chi connectivity index (χ4n) is 3.17. The molecule has 27 heavy (non-hydrogen) atoms. The van der Waals surface area contributed by atoms with Crippen molar-refractivity contribution in [1.29, 1.82) is 0 Å². The maximum absolute atomic E-state index is 12.5. The predicted molar refractivity (Wildman–Crippen MR) is 105 cm³/mol.